The third-order valence-electron chi connectivity index (χ3n) is 5.87. The molecule has 1 N–H and O–H groups in total. The fourth-order valence-electron chi connectivity index (χ4n) is 4.04. The number of aryl methyl sites for hydroxylation is 1. The summed E-state index contributed by atoms with van der Waals surface area (Å²) in [5.41, 5.74) is 1.89. The molecule has 196 valence electrons. The molecule has 0 aliphatic carbocycles. The topological polar surface area (TPSA) is 48.3 Å². The summed E-state index contributed by atoms with van der Waals surface area (Å²) in [5.74, 6) is 2.12. The number of hydrogen-bond donors (Lipinski definition) is 1. The highest BCUT2D eigenvalue weighted by Crippen LogP contribution is 2.34. The molecule has 1 aromatic heterocycles. The van der Waals surface area contributed by atoms with E-state index in [0.29, 0.717) is 18.4 Å². The molecule has 0 bridgehead atoms. The molecule has 0 aliphatic heterocycles. The van der Waals surface area contributed by atoms with Gasteiger partial charge in [-0.25, -0.2) is 4.98 Å². The molecule has 1 heterocycles. The van der Waals surface area contributed by atoms with Crippen LogP contribution >= 0.6 is 0 Å². The average molecular weight is 512 g/mol. The van der Waals surface area contributed by atoms with E-state index in [9.17, 15) is 13.2 Å². The van der Waals surface area contributed by atoms with Gasteiger partial charge in [0.1, 0.15) is 29.7 Å². The van der Waals surface area contributed by atoms with Crippen LogP contribution in [0, 0.1) is 0 Å². The standard InChI is InChI=1S/C29H32F3N3O2/c1-4-5-15-35-27-19-23(36-16-14-33-20(2)3)12-13-26(27)34-28(35)21-8-6-10-24(17-21)37-25-11-7-9-22(18-25)29(30,31)32/h6-13,17-20,33H,4-5,14-16H2,1-3H3. The number of nitrogens with zero attached hydrogens (tertiary/aromatic N) is 2. The van der Waals surface area contributed by atoms with Crippen LogP contribution in [0.4, 0.5) is 13.2 Å². The SMILES string of the molecule is CCCCn1c(-c2cccc(Oc3cccc(C(F)(F)F)c3)c2)nc2ccc(OCCNC(C)C)cc21. The van der Waals surface area contributed by atoms with Gasteiger partial charge in [-0.1, -0.05) is 45.4 Å². The summed E-state index contributed by atoms with van der Waals surface area (Å²) in [6.45, 7) is 8.43. The highest BCUT2D eigenvalue weighted by atomic mass is 19.4. The molecular formula is C29H32F3N3O2. The first-order valence-corrected chi connectivity index (χ1v) is 12.6. The van der Waals surface area contributed by atoms with E-state index in [1.165, 1.54) is 12.1 Å². The van der Waals surface area contributed by atoms with Crippen molar-refractivity contribution in [2.45, 2.75) is 52.4 Å². The molecular weight excluding hydrogens is 479 g/mol. The second-order valence-electron chi connectivity index (χ2n) is 9.20. The number of halogens is 3. The summed E-state index contributed by atoms with van der Waals surface area (Å²) >= 11 is 0. The zero-order valence-electron chi connectivity index (χ0n) is 21.3. The minimum absolute atomic E-state index is 0.125. The van der Waals surface area contributed by atoms with E-state index in [0.717, 1.165) is 66.2 Å². The molecule has 0 amide bonds. The number of rotatable bonds is 11. The summed E-state index contributed by atoms with van der Waals surface area (Å²) in [5, 5.41) is 3.34. The first-order chi connectivity index (χ1) is 17.7. The van der Waals surface area contributed by atoms with Crippen molar-refractivity contribution in [1.29, 1.82) is 0 Å². The molecule has 0 spiro atoms. The summed E-state index contributed by atoms with van der Waals surface area (Å²) in [7, 11) is 0. The first-order valence-electron chi connectivity index (χ1n) is 12.6. The van der Waals surface area contributed by atoms with Gasteiger partial charge in [0.05, 0.1) is 16.6 Å². The zero-order valence-corrected chi connectivity index (χ0v) is 21.3. The van der Waals surface area contributed by atoms with Crippen LogP contribution in [0.2, 0.25) is 0 Å². The van der Waals surface area contributed by atoms with Gasteiger partial charge in [-0.05, 0) is 48.9 Å². The van der Waals surface area contributed by atoms with Gasteiger partial charge < -0.3 is 19.4 Å². The lowest BCUT2D eigenvalue weighted by Gasteiger charge is -2.12. The Balaban J connectivity index is 1.62. The monoisotopic (exact) mass is 511 g/mol. The van der Waals surface area contributed by atoms with Crippen molar-refractivity contribution in [3.05, 3.63) is 72.3 Å². The van der Waals surface area contributed by atoms with Crippen LogP contribution in [-0.4, -0.2) is 28.7 Å². The average Bonchev–Trinajstić information content (AvgIpc) is 3.23. The number of ether oxygens (including phenoxy) is 2. The van der Waals surface area contributed by atoms with Crippen LogP contribution in [0.15, 0.2) is 66.7 Å². The molecule has 0 saturated heterocycles. The van der Waals surface area contributed by atoms with E-state index in [1.807, 2.05) is 30.3 Å². The van der Waals surface area contributed by atoms with Gasteiger partial charge in [0.2, 0.25) is 0 Å². The van der Waals surface area contributed by atoms with Gasteiger partial charge in [-0.2, -0.15) is 13.2 Å². The lowest BCUT2D eigenvalue weighted by molar-refractivity contribution is -0.137. The summed E-state index contributed by atoms with van der Waals surface area (Å²) in [4.78, 5) is 4.88. The number of benzene rings is 3. The molecule has 4 aromatic rings. The Morgan fingerprint density at radius 3 is 2.43 bits per heavy atom. The largest absolute Gasteiger partial charge is 0.492 e. The van der Waals surface area contributed by atoms with Crippen LogP contribution in [-0.2, 0) is 12.7 Å². The Hall–Kier alpha value is -3.52. The Labute approximate surface area is 215 Å². The number of nitrogens with one attached hydrogen (secondary N) is 1. The van der Waals surface area contributed by atoms with Gasteiger partial charge in [0.15, 0.2) is 0 Å². The minimum atomic E-state index is -4.43. The molecule has 5 nitrogen and oxygen atoms in total. The molecule has 0 atom stereocenters. The summed E-state index contributed by atoms with van der Waals surface area (Å²) in [6.07, 6.45) is -2.43. The summed E-state index contributed by atoms with van der Waals surface area (Å²) in [6, 6.07) is 18.4. The maximum Gasteiger partial charge on any atom is 0.416 e. The highest BCUT2D eigenvalue weighted by Gasteiger charge is 2.30. The Morgan fingerprint density at radius 1 is 0.946 bits per heavy atom. The van der Waals surface area contributed by atoms with Gasteiger partial charge in [0.25, 0.3) is 0 Å². The fraction of sp³-hybridized carbons (Fsp3) is 0.345. The Bertz CT molecular complexity index is 1330. The molecule has 0 fully saturated rings. The van der Waals surface area contributed by atoms with Crippen molar-refractivity contribution in [1.82, 2.24) is 14.9 Å². The molecule has 3 aromatic carbocycles. The quantitative estimate of drug-likeness (QED) is 0.210. The highest BCUT2D eigenvalue weighted by molar-refractivity contribution is 5.82. The van der Waals surface area contributed by atoms with Crippen molar-refractivity contribution in [2.75, 3.05) is 13.2 Å². The van der Waals surface area contributed by atoms with Crippen LogP contribution in [0.5, 0.6) is 17.2 Å². The predicted molar refractivity (Wildman–Crippen MR) is 140 cm³/mol. The van der Waals surface area contributed by atoms with Crippen molar-refractivity contribution in [2.24, 2.45) is 0 Å². The Kier molecular flexibility index (Phi) is 8.38. The molecule has 0 unspecified atom stereocenters. The molecule has 37 heavy (non-hydrogen) atoms. The van der Waals surface area contributed by atoms with Crippen LogP contribution in [0.3, 0.4) is 0 Å². The fourth-order valence-corrected chi connectivity index (χ4v) is 4.04. The number of alkyl halides is 3. The zero-order chi connectivity index (χ0) is 26.4. The molecule has 0 aliphatic rings. The number of aromatic nitrogens is 2. The predicted octanol–water partition coefficient (Wildman–Crippen LogP) is 7.69. The molecule has 4 rings (SSSR count). The van der Waals surface area contributed by atoms with Crippen LogP contribution in [0.1, 0.15) is 39.2 Å². The maximum atomic E-state index is 13.1. The third kappa shape index (κ3) is 6.83. The van der Waals surface area contributed by atoms with E-state index in [4.69, 9.17) is 14.5 Å². The van der Waals surface area contributed by atoms with E-state index in [2.05, 4.69) is 30.7 Å². The van der Waals surface area contributed by atoms with E-state index in [-0.39, 0.29) is 5.75 Å². The summed E-state index contributed by atoms with van der Waals surface area (Å²) < 4.78 is 53.2. The van der Waals surface area contributed by atoms with Crippen molar-refractivity contribution in [3.63, 3.8) is 0 Å². The molecule has 0 saturated carbocycles. The number of hydrogen-bond acceptors (Lipinski definition) is 4. The van der Waals surface area contributed by atoms with Crippen molar-refractivity contribution >= 4 is 11.0 Å². The van der Waals surface area contributed by atoms with E-state index in [1.54, 1.807) is 12.1 Å². The second-order valence-corrected chi connectivity index (χ2v) is 9.20. The molecule has 0 radical (unpaired) electrons. The van der Waals surface area contributed by atoms with Gasteiger partial charge >= 0.3 is 6.18 Å². The smallest absolute Gasteiger partial charge is 0.416 e. The normalized spacial score (nSPS) is 11.9. The van der Waals surface area contributed by atoms with Gasteiger partial charge in [0, 0.05) is 30.8 Å². The lowest BCUT2D eigenvalue weighted by atomic mass is 10.2. The molecule has 8 heteroatoms. The maximum absolute atomic E-state index is 13.1. The number of unbranched alkanes of at least 4 members (excludes halogenated alkanes) is 1. The third-order valence-corrected chi connectivity index (χ3v) is 5.87. The minimum Gasteiger partial charge on any atom is -0.492 e. The van der Waals surface area contributed by atoms with Crippen LogP contribution < -0.4 is 14.8 Å². The van der Waals surface area contributed by atoms with Crippen molar-refractivity contribution < 1.29 is 22.6 Å². The lowest BCUT2D eigenvalue weighted by Crippen LogP contribution is -2.27. The number of fused-ring (bicyclic) bond motifs is 1. The second kappa shape index (κ2) is 11.7. The van der Waals surface area contributed by atoms with Gasteiger partial charge in [-0.3, -0.25) is 0 Å². The van der Waals surface area contributed by atoms with E-state index < -0.39 is 11.7 Å². The first kappa shape index (κ1) is 26.5. The number of imidazole rings is 1. The van der Waals surface area contributed by atoms with Crippen molar-refractivity contribution in [3.8, 4) is 28.6 Å². The van der Waals surface area contributed by atoms with Gasteiger partial charge in [-0.15, -0.1) is 0 Å². The van der Waals surface area contributed by atoms with E-state index >= 15 is 0 Å². The Morgan fingerprint density at radius 2 is 1.70 bits per heavy atom. The van der Waals surface area contributed by atoms with Crippen LogP contribution in [0.25, 0.3) is 22.4 Å².